The van der Waals surface area contributed by atoms with Gasteiger partial charge in [-0.15, -0.1) is 0 Å². The molecule has 0 amide bonds. The fourth-order valence-corrected chi connectivity index (χ4v) is 2.36. The smallest absolute Gasteiger partial charge is 0.144 e. The SMILES string of the molecule is Cc1nn(C)c(N2CCC(C)CC2)c1C#N. The Labute approximate surface area is 96.5 Å². The molecule has 0 unspecified atom stereocenters. The first kappa shape index (κ1) is 11.0. The second-order valence-corrected chi connectivity index (χ2v) is 4.69. The van der Waals surface area contributed by atoms with E-state index in [0.717, 1.165) is 36.1 Å². The molecular formula is C12H18N4. The van der Waals surface area contributed by atoms with Gasteiger partial charge in [-0.25, -0.2) is 0 Å². The minimum atomic E-state index is 0.733. The molecule has 16 heavy (non-hydrogen) atoms. The van der Waals surface area contributed by atoms with E-state index < -0.39 is 0 Å². The lowest BCUT2D eigenvalue weighted by atomic mass is 9.99. The Balaban J connectivity index is 2.30. The number of anilines is 1. The predicted octanol–water partition coefficient (Wildman–Crippen LogP) is 1.84. The van der Waals surface area contributed by atoms with Crippen LogP contribution in [-0.4, -0.2) is 22.9 Å². The lowest BCUT2D eigenvalue weighted by Gasteiger charge is -2.31. The predicted molar refractivity (Wildman–Crippen MR) is 63.3 cm³/mol. The highest BCUT2D eigenvalue weighted by atomic mass is 15.4. The summed E-state index contributed by atoms with van der Waals surface area (Å²) >= 11 is 0. The molecule has 0 N–H and O–H groups in total. The van der Waals surface area contributed by atoms with Crippen LogP contribution in [0.4, 0.5) is 5.82 Å². The van der Waals surface area contributed by atoms with Gasteiger partial charge in [0.05, 0.1) is 5.69 Å². The third-order valence-corrected chi connectivity index (χ3v) is 3.39. The highest BCUT2D eigenvalue weighted by Crippen LogP contribution is 2.26. The Morgan fingerprint density at radius 3 is 2.56 bits per heavy atom. The number of aromatic nitrogens is 2. The Morgan fingerprint density at radius 2 is 2.00 bits per heavy atom. The van der Waals surface area contributed by atoms with Crippen LogP contribution in [-0.2, 0) is 7.05 Å². The zero-order valence-electron chi connectivity index (χ0n) is 10.2. The first-order chi connectivity index (χ1) is 7.63. The lowest BCUT2D eigenvalue weighted by molar-refractivity contribution is 0.433. The number of rotatable bonds is 1. The molecular weight excluding hydrogens is 200 g/mol. The molecule has 4 nitrogen and oxygen atoms in total. The molecule has 2 heterocycles. The van der Waals surface area contributed by atoms with Gasteiger partial charge in [0.15, 0.2) is 0 Å². The van der Waals surface area contributed by atoms with Crippen LogP contribution in [0.25, 0.3) is 0 Å². The van der Waals surface area contributed by atoms with Crippen molar-refractivity contribution in [2.24, 2.45) is 13.0 Å². The fraction of sp³-hybridized carbons (Fsp3) is 0.667. The normalized spacial score (nSPS) is 17.5. The van der Waals surface area contributed by atoms with Crippen LogP contribution >= 0.6 is 0 Å². The zero-order chi connectivity index (χ0) is 11.7. The quantitative estimate of drug-likeness (QED) is 0.722. The Morgan fingerprint density at radius 1 is 1.38 bits per heavy atom. The van der Waals surface area contributed by atoms with Crippen molar-refractivity contribution < 1.29 is 0 Å². The van der Waals surface area contributed by atoms with E-state index in [0.29, 0.717) is 0 Å². The Hall–Kier alpha value is -1.50. The molecule has 0 saturated carbocycles. The van der Waals surface area contributed by atoms with Crippen molar-refractivity contribution in [3.8, 4) is 6.07 Å². The van der Waals surface area contributed by atoms with Crippen LogP contribution in [0.2, 0.25) is 0 Å². The van der Waals surface area contributed by atoms with Crippen LogP contribution in [0.3, 0.4) is 0 Å². The van der Waals surface area contributed by atoms with E-state index in [1.54, 1.807) is 0 Å². The van der Waals surface area contributed by atoms with E-state index >= 15 is 0 Å². The van der Waals surface area contributed by atoms with E-state index in [2.05, 4.69) is 23.0 Å². The summed E-state index contributed by atoms with van der Waals surface area (Å²) in [7, 11) is 1.92. The van der Waals surface area contributed by atoms with E-state index in [9.17, 15) is 0 Å². The van der Waals surface area contributed by atoms with Crippen molar-refractivity contribution in [3.05, 3.63) is 11.3 Å². The molecule has 86 valence electrons. The number of hydrogen-bond acceptors (Lipinski definition) is 3. The Bertz CT molecular complexity index is 419. The molecule has 2 rings (SSSR count). The average Bonchev–Trinajstić information content (AvgIpc) is 2.54. The van der Waals surface area contributed by atoms with Crippen molar-refractivity contribution in [1.82, 2.24) is 9.78 Å². The van der Waals surface area contributed by atoms with Crippen LogP contribution < -0.4 is 4.90 Å². The van der Waals surface area contributed by atoms with Crippen LogP contribution in [0.1, 0.15) is 31.0 Å². The highest BCUT2D eigenvalue weighted by Gasteiger charge is 2.22. The van der Waals surface area contributed by atoms with Gasteiger partial charge in [0.1, 0.15) is 17.5 Å². The first-order valence-electron chi connectivity index (χ1n) is 5.82. The molecule has 1 fully saturated rings. The monoisotopic (exact) mass is 218 g/mol. The van der Waals surface area contributed by atoms with Gasteiger partial charge in [-0.05, 0) is 25.7 Å². The van der Waals surface area contributed by atoms with E-state index in [1.165, 1.54) is 12.8 Å². The summed E-state index contributed by atoms with van der Waals surface area (Å²) in [6, 6.07) is 2.27. The standard InChI is InChI=1S/C12H18N4/c1-9-4-6-16(7-5-9)12-11(8-13)10(2)14-15(12)3/h9H,4-7H2,1-3H3. The number of aryl methyl sites for hydroxylation is 2. The van der Waals surface area contributed by atoms with Gasteiger partial charge in [0, 0.05) is 20.1 Å². The molecule has 4 heteroatoms. The number of hydrogen-bond donors (Lipinski definition) is 0. The molecule has 1 saturated heterocycles. The van der Waals surface area contributed by atoms with Crippen molar-refractivity contribution in [2.45, 2.75) is 26.7 Å². The van der Waals surface area contributed by atoms with Gasteiger partial charge in [-0.1, -0.05) is 6.92 Å². The summed E-state index contributed by atoms with van der Waals surface area (Å²) in [5, 5.41) is 13.5. The van der Waals surface area contributed by atoms with Gasteiger partial charge in [-0.3, -0.25) is 4.68 Å². The van der Waals surface area contributed by atoms with Gasteiger partial charge in [0.25, 0.3) is 0 Å². The van der Waals surface area contributed by atoms with Gasteiger partial charge >= 0.3 is 0 Å². The molecule has 0 atom stereocenters. The highest BCUT2D eigenvalue weighted by molar-refractivity contribution is 5.57. The third-order valence-electron chi connectivity index (χ3n) is 3.39. The van der Waals surface area contributed by atoms with Gasteiger partial charge < -0.3 is 4.90 Å². The second-order valence-electron chi connectivity index (χ2n) is 4.69. The van der Waals surface area contributed by atoms with Crippen LogP contribution in [0, 0.1) is 24.2 Å². The third kappa shape index (κ3) is 1.78. The molecule has 1 aliphatic heterocycles. The minimum Gasteiger partial charge on any atom is -0.356 e. The summed E-state index contributed by atoms with van der Waals surface area (Å²) < 4.78 is 1.84. The van der Waals surface area contributed by atoms with Gasteiger partial charge in [-0.2, -0.15) is 10.4 Å². The minimum absolute atomic E-state index is 0.733. The molecule has 0 bridgehead atoms. The molecule has 1 aliphatic rings. The molecule has 1 aromatic rings. The summed E-state index contributed by atoms with van der Waals surface area (Å²) in [5.74, 6) is 1.79. The fourth-order valence-electron chi connectivity index (χ4n) is 2.36. The topological polar surface area (TPSA) is 44.9 Å². The van der Waals surface area contributed by atoms with E-state index in [-0.39, 0.29) is 0 Å². The van der Waals surface area contributed by atoms with Crippen molar-refractivity contribution in [3.63, 3.8) is 0 Å². The van der Waals surface area contributed by atoms with E-state index in [1.807, 2.05) is 18.7 Å². The Kier molecular flexibility index (Phi) is 2.86. The summed E-state index contributed by atoms with van der Waals surface area (Å²) in [5.41, 5.74) is 1.57. The molecule has 0 radical (unpaired) electrons. The summed E-state index contributed by atoms with van der Waals surface area (Å²) in [6.45, 7) is 6.26. The largest absolute Gasteiger partial charge is 0.356 e. The average molecular weight is 218 g/mol. The summed E-state index contributed by atoms with van der Waals surface area (Å²) in [4.78, 5) is 2.29. The summed E-state index contributed by atoms with van der Waals surface area (Å²) in [6.07, 6.45) is 2.41. The zero-order valence-corrected chi connectivity index (χ0v) is 10.2. The van der Waals surface area contributed by atoms with Crippen LogP contribution in [0.5, 0.6) is 0 Å². The lowest BCUT2D eigenvalue weighted by Crippen LogP contribution is -2.34. The van der Waals surface area contributed by atoms with Crippen molar-refractivity contribution >= 4 is 5.82 Å². The molecule has 0 aromatic carbocycles. The van der Waals surface area contributed by atoms with Crippen molar-refractivity contribution in [1.29, 1.82) is 5.26 Å². The van der Waals surface area contributed by atoms with E-state index in [4.69, 9.17) is 5.26 Å². The van der Waals surface area contributed by atoms with Crippen molar-refractivity contribution in [2.75, 3.05) is 18.0 Å². The molecule has 0 spiro atoms. The van der Waals surface area contributed by atoms with Crippen LogP contribution in [0.15, 0.2) is 0 Å². The maximum Gasteiger partial charge on any atom is 0.144 e. The maximum atomic E-state index is 9.17. The molecule has 0 aliphatic carbocycles. The second kappa shape index (κ2) is 4.17. The van der Waals surface area contributed by atoms with Gasteiger partial charge in [0.2, 0.25) is 0 Å². The number of piperidine rings is 1. The molecule has 1 aromatic heterocycles. The maximum absolute atomic E-state index is 9.17. The first-order valence-corrected chi connectivity index (χ1v) is 5.82. The number of nitrogens with zero attached hydrogens (tertiary/aromatic N) is 4. The number of nitriles is 1.